The van der Waals surface area contributed by atoms with E-state index in [9.17, 15) is 0 Å². The lowest BCUT2D eigenvalue weighted by Gasteiger charge is -2.27. The number of fused-ring (bicyclic) bond motifs is 3. The molecule has 0 aliphatic rings. The van der Waals surface area contributed by atoms with Crippen LogP contribution in [0.5, 0.6) is 0 Å². The van der Waals surface area contributed by atoms with Crippen molar-refractivity contribution in [1.82, 2.24) is 0 Å². The van der Waals surface area contributed by atoms with Gasteiger partial charge in [0.05, 0.1) is 0 Å². The Hall–Kier alpha value is -7.48. The molecule has 0 fully saturated rings. The molecule has 0 unspecified atom stereocenters. The van der Waals surface area contributed by atoms with Crippen LogP contribution in [0, 0.1) is 0 Å². The van der Waals surface area contributed by atoms with Gasteiger partial charge in [-0.2, -0.15) is 0 Å². The monoisotopic (exact) mass is 725 g/mol. The Balaban J connectivity index is 1.15. The van der Waals surface area contributed by atoms with Crippen LogP contribution in [0.25, 0.3) is 77.2 Å². The first kappa shape index (κ1) is 34.0. The molecule has 0 heterocycles. The zero-order chi connectivity index (χ0) is 38.0. The summed E-state index contributed by atoms with van der Waals surface area (Å²) in [5.74, 6) is 0. The lowest BCUT2D eigenvalue weighted by molar-refractivity contribution is 1.28. The molecule has 10 aromatic carbocycles. The summed E-state index contributed by atoms with van der Waals surface area (Å²) in [5, 5.41) is 5.02. The third-order valence-corrected chi connectivity index (χ3v) is 11.1. The summed E-state index contributed by atoms with van der Waals surface area (Å²) >= 11 is 0. The van der Waals surface area contributed by atoms with Crippen LogP contribution >= 0.6 is 0 Å². The van der Waals surface area contributed by atoms with Crippen molar-refractivity contribution < 1.29 is 0 Å². The second-order valence-corrected chi connectivity index (χ2v) is 14.5. The van der Waals surface area contributed by atoms with Gasteiger partial charge in [0.15, 0.2) is 0 Å². The lowest BCUT2D eigenvalue weighted by atomic mass is 9.85. The van der Waals surface area contributed by atoms with Gasteiger partial charge >= 0.3 is 0 Å². The Bertz CT molecular complexity index is 2970. The molecule has 0 aromatic heterocycles. The predicted octanol–water partition coefficient (Wildman–Crippen LogP) is 15.8. The van der Waals surface area contributed by atoms with E-state index in [0.717, 1.165) is 17.1 Å². The van der Waals surface area contributed by atoms with E-state index >= 15 is 0 Å². The molecule has 0 atom stereocenters. The molecular weight excluding hydrogens is 687 g/mol. The van der Waals surface area contributed by atoms with Crippen molar-refractivity contribution in [2.24, 2.45) is 0 Å². The molecule has 1 nitrogen and oxygen atoms in total. The fraction of sp³-hybridized carbons (Fsp3) is 0. The zero-order valence-electron chi connectivity index (χ0n) is 31.5. The van der Waals surface area contributed by atoms with Gasteiger partial charge in [-0.25, -0.2) is 0 Å². The molecule has 1 heteroatoms. The van der Waals surface area contributed by atoms with Crippen LogP contribution in [0.4, 0.5) is 17.1 Å². The smallest absolute Gasteiger partial charge is 0.0467 e. The highest BCUT2D eigenvalue weighted by molar-refractivity contribution is 6.21. The first-order valence-corrected chi connectivity index (χ1v) is 19.6. The van der Waals surface area contributed by atoms with E-state index in [1.54, 1.807) is 0 Å². The third kappa shape index (κ3) is 6.56. The number of anilines is 3. The summed E-state index contributed by atoms with van der Waals surface area (Å²) in [6, 6.07) is 85.6. The molecule has 0 bridgehead atoms. The quantitative estimate of drug-likeness (QED) is 0.141. The Morgan fingerprint density at radius 1 is 0.193 bits per heavy atom. The summed E-state index contributed by atoms with van der Waals surface area (Å²) < 4.78 is 0. The van der Waals surface area contributed by atoms with Crippen molar-refractivity contribution in [3.63, 3.8) is 0 Å². The van der Waals surface area contributed by atoms with E-state index in [-0.39, 0.29) is 0 Å². The minimum atomic E-state index is 1.09. The second-order valence-electron chi connectivity index (χ2n) is 14.5. The van der Waals surface area contributed by atoms with Crippen molar-refractivity contribution in [3.05, 3.63) is 237 Å². The number of nitrogens with zero attached hydrogens (tertiary/aromatic N) is 1. The van der Waals surface area contributed by atoms with Gasteiger partial charge in [-0.3, -0.25) is 0 Å². The van der Waals surface area contributed by atoms with E-state index in [1.807, 2.05) is 0 Å². The van der Waals surface area contributed by atoms with E-state index in [4.69, 9.17) is 0 Å². The first-order chi connectivity index (χ1) is 28.3. The van der Waals surface area contributed by atoms with E-state index in [2.05, 4.69) is 241 Å². The van der Waals surface area contributed by atoms with Gasteiger partial charge in [-0.1, -0.05) is 200 Å². The Morgan fingerprint density at radius 3 is 1.04 bits per heavy atom. The Labute approximate surface area is 334 Å². The molecule has 0 N–H and O–H groups in total. The maximum atomic E-state index is 2.39. The Morgan fingerprint density at radius 2 is 0.526 bits per heavy atom. The molecular formula is C56H39N. The summed E-state index contributed by atoms with van der Waals surface area (Å²) in [5.41, 5.74) is 15.3. The van der Waals surface area contributed by atoms with Crippen molar-refractivity contribution in [3.8, 4) is 55.6 Å². The van der Waals surface area contributed by atoms with Crippen LogP contribution in [-0.4, -0.2) is 0 Å². The highest BCUT2D eigenvalue weighted by Crippen LogP contribution is 2.46. The lowest BCUT2D eigenvalue weighted by Crippen LogP contribution is -2.10. The largest absolute Gasteiger partial charge is 0.310 e. The van der Waals surface area contributed by atoms with E-state index in [0.29, 0.717) is 0 Å². The van der Waals surface area contributed by atoms with Gasteiger partial charge < -0.3 is 4.90 Å². The number of hydrogen-bond acceptors (Lipinski definition) is 1. The van der Waals surface area contributed by atoms with Crippen molar-refractivity contribution in [2.45, 2.75) is 0 Å². The molecule has 10 rings (SSSR count). The minimum absolute atomic E-state index is 1.09. The molecule has 10 aromatic rings. The fourth-order valence-corrected chi connectivity index (χ4v) is 8.34. The van der Waals surface area contributed by atoms with Crippen LogP contribution in [0.1, 0.15) is 0 Å². The molecule has 0 saturated heterocycles. The van der Waals surface area contributed by atoms with Crippen LogP contribution in [0.15, 0.2) is 237 Å². The van der Waals surface area contributed by atoms with Gasteiger partial charge in [0.1, 0.15) is 0 Å². The van der Waals surface area contributed by atoms with Gasteiger partial charge in [0.2, 0.25) is 0 Å². The average Bonchev–Trinajstić information content (AvgIpc) is 3.30. The van der Waals surface area contributed by atoms with Crippen LogP contribution in [0.3, 0.4) is 0 Å². The third-order valence-electron chi connectivity index (χ3n) is 11.1. The van der Waals surface area contributed by atoms with Gasteiger partial charge in [0.25, 0.3) is 0 Å². The zero-order valence-corrected chi connectivity index (χ0v) is 31.5. The Kier molecular flexibility index (Phi) is 8.95. The topological polar surface area (TPSA) is 3.24 Å². The summed E-state index contributed by atoms with van der Waals surface area (Å²) in [6.45, 7) is 0. The molecule has 0 aliphatic carbocycles. The summed E-state index contributed by atoms with van der Waals surface area (Å²) in [6.07, 6.45) is 0. The minimum Gasteiger partial charge on any atom is -0.310 e. The van der Waals surface area contributed by atoms with Crippen LogP contribution in [-0.2, 0) is 0 Å². The SMILES string of the molecule is c1ccc(-c2ccc(-c3cccc(N(c4ccc(-c5ccccc5)cc4)c4cccc(-c5c(-c6ccccc6)c6ccccc6c6ccccc56)c4)c3)cc2)cc1. The maximum absolute atomic E-state index is 2.39. The molecule has 0 spiro atoms. The van der Waals surface area contributed by atoms with Gasteiger partial charge in [-0.05, 0) is 114 Å². The number of rotatable bonds is 8. The van der Waals surface area contributed by atoms with Crippen molar-refractivity contribution in [2.75, 3.05) is 4.90 Å². The van der Waals surface area contributed by atoms with Gasteiger partial charge in [0, 0.05) is 17.1 Å². The first-order valence-electron chi connectivity index (χ1n) is 19.6. The molecule has 268 valence electrons. The standard InChI is InChI=1S/C56H39N/c1-4-16-40(17-5-1)42-30-32-44(33-31-42)46-22-14-24-49(38-46)57(48-36-34-43(35-37-48)41-18-6-2-7-19-41)50-25-15-23-47(39-50)56-54-29-13-11-27-52(54)51-26-10-12-28-53(51)55(56)45-20-8-3-9-21-45/h1-39H. The normalized spacial score (nSPS) is 11.2. The highest BCUT2D eigenvalue weighted by atomic mass is 15.1. The second kappa shape index (κ2) is 15.0. The van der Waals surface area contributed by atoms with E-state index < -0.39 is 0 Å². The average molecular weight is 726 g/mol. The maximum Gasteiger partial charge on any atom is 0.0467 e. The summed E-state index contributed by atoms with van der Waals surface area (Å²) in [7, 11) is 0. The van der Waals surface area contributed by atoms with Gasteiger partial charge in [-0.15, -0.1) is 0 Å². The summed E-state index contributed by atoms with van der Waals surface area (Å²) in [4.78, 5) is 2.39. The predicted molar refractivity (Wildman–Crippen MR) is 243 cm³/mol. The van der Waals surface area contributed by atoms with Crippen molar-refractivity contribution >= 4 is 38.6 Å². The molecule has 0 saturated carbocycles. The van der Waals surface area contributed by atoms with E-state index in [1.165, 1.54) is 77.2 Å². The highest BCUT2D eigenvalue weighted by Gasteiger charge is 2.20. The molecule has 0 aliphatic heterocycles. The number of benzene rings is 10. The molecule has 0 radical (unpaired) electrons. The van der Waals surface area contributed by atoms with Crippen LogP contribution < -0.4 is 4.90 Å². The van der Waals surface area contributed by atoms with Crippen molar-refractivity contribution in [1.29, 1.82) is 0 Å². The molecule has 57 heavy (non-hydrogen) atoms. The van der Waals surface area contributed by atoms with Crippen LogP contribution in [0.2, 0.25) is 0 Å². The fourth-order valence-electron chi connectivity index (χ4n) is 8.34. The molecule has 0 amide bonds. The number of hydrogen-bond donors (Lipinski definition) is 0.